The molecular formula is C20H25ClN3O2-. The molecule has 2 aromatic rings. The zero-order valence-electron chi connectivity index (χ0n) is 15.6. The Hall–Kier alpha value is -2.37. The molecule has 0 bridgehead atoms. The highest BCUT2D eigenvalue weighted by molar-refractivity contribution is 5.96. The van der Waals surface area contributed by atoms with Crippen molar-refractivity contribution in [3.8, 4) is 0 Å². The average molecular weight is 375 g/mol. The second kappa shape index (κ2) is 9.94. The first-order valence-electron chi connectivity index (χ1n) is 8.31. The molecule has 0 aliphatic heterocycles. The van der Waals surface area contributed by atoms with Crippen molar-refractivity contribution >= 4 is 23.2 Å². The summed E-state index contributed by atoms with van der Waals surface area (Å²) in [4.78, 5) is 24.1. The number of carbonyl (C=O) groups is 2. The molecule has 140 valence electrons. The Morgan fingerprint density at radius 3 is 1.31 bits per heavy atom. The fourth-order valence-electron chi connectivity index (χ4n) is 2.68. The molecule has 2 rings (SSSR count). The summed E-state index contributed by atoms with van der Waals surface area (Å²) in [5.41, 5.74) is 5.72. The van der Waals surface area contributed by atoms with E-state index < -0.39 is 0 Å². The standard InChI is InChI=1S/C20H25N3O2.ClH/c1-13-7-5-8-14(2)19(13)22-17(24)11-21-12-18(25)23-20-15(3)9-6-10-16(20)4;/h5-10,21H,11-12H2,1-4H3,(H,22,24)(H,23,25);1H/p-1. The molecule has 0 atom stereocenters. The quantitative estimate of drug-likeness (QED) is 0.671. The smallest absolute Gasteiger partial charge is 0.238 e. The van der Waals surface area contributed by atoms with E-state index in [2.05, 4.69) is 16.0 Å². The fourth-order valence-corrected chi connectivity index (χ4v) is 2.68. The molecule has 0 aliphatic rings. The van der Waals surface area contributed by atoms with Crippen molar-refractivity contribution in [2.75, 3.05) is 23.7 Å². The third-order valence-electron chi connectivity index (χ3n) is 4.06. The molecule has 0 radical (unpaired) electrons. The Morgan fingerprint density at radius 2 is 1.00 bits per heavy atom. The first kappa shape index (κ1) is 21.7. The summed E-state index contributed by atoms with van der Waals surface area (Å²) in [5.74, 6) is -0.338. The summed E-state index contributed by atoms with van der Waals surface area (Å²) in [6, 6.07) is 11.7. The van der Waals surface area contributed by atoms with Crippen LogP contribution in [0.15, 0.2) is 36.4 Å². The number of halogens is 1. The first-order chi connectivity index (χ1) is 11.9. The highest BCUT2D eigenvalue weighted by atomic mass is 35.5. The SMILES string of the molecule is Cc1cccc(C)c1NC(=O)CNCC(=O)Nc1c(C)cccc1C.[Cl-]. The maximum Gasteiger partial charge on any atom is 0.238 e. The summed E-state index contributed by atoms with van der Waals surface area (Å²) >= 11 is 0. The molecular weight excluding hydrogens is 350 g/mol. The molecule has 2 amide bonds. The van der Waals surface area contributed by atoms with E-state index in [1.165, 1.54) is 0 Å². The van der Waals surface area contributed by atoms with Gasteiger partial charge in [-0.1, -0.05) is 36.4 Å². The van der Waals surface area contributed by atoms with E-state index in [1.807, 2.05) is 64.1 Å². The number of anilines is 2. The van der Waals surface area contributed by atoms with Crippen LogP contribution < -0.4 is 28.4 Å². The molecule has 6 heteroatoms. The minimum absolute atomic E-state index is 0. The van der Waals surface area contributed by atoms with Gasteiger partial charge in [0.15, 0.2) is 0 Å². The van der Waals surface area contributed by atoms with E-state index in [0.29, 0.717) is 0 Å². The Kier molecular flexibility index (Phi) is 8.29. The molecule has 26 heavy (non-hydrogen) atoms. The third kappa shape index (κ3) is 5.86. The summed E-state index contributed by atoms with van der Waals surface area (Å²) in [6.07, 6.45) is 0. The Morgan fingerprint density at radius 1 is 0.692 bits per heavy atom. The zero-order chi connectivity index (χ0) is 18.4. The van der Waals surface area contributed by atoms with Gasteiger partial charge in [0.1, 0.15) is 0 Å². The van der Waals surface area contributed by atoms with Crippen LogP contribution in [0.5, 0.6) is 0 Å². The minimum atomic E-state index is -0.169. The normalized spacial score (nSPS) is 10.0. The van der Waals surface area contributed by atoms with Gasteiger partial charge in [0.2, 0.25) is 11.8 Å². The summed E-state index contributed by atoms with van der Waals surface area (Å²) in [5, 5.41) is 8.65. The predicted molar refractivity (Wildman–Crippen MR) is 102 cm³/mol. The number of carbonyl (C=O) groups excluding carboxylic acids is 2. The van der Waals surface area contributed by atoms with E-state index >= 15 is 0 Å². The van der Waals surface area contributed by atoms with Gasteiger partial charge in [-0.15, -0.1) is 0 Å². The predicted octanol–water partition coefficient (Wildman–Crippen LogP) is 0.0911. The van der Waals surface area contributed by atoms with Gasteiger partial charge in [-0.3, -0.25) is 14.9 Å². The van der Waals surface area contributed by atoms with Crippen molar-refractivity contribution in [1.29, 1.82) is 0 Å². The van der Waals surface area contributed by atoms with Gasteiger partial charge in [-0.05, 0) is 49.9 Å². The highest BCUT2D eigenvalue weighted by Crippen LogP contribution is 2.19. The second-order valence-corrected chi connectivity index (χ2v) is 6.23. The van der Waals surface area contributed by atoms with Crippen molar-refractivity contribution < 1.29 is 22.0 Å². The maximum absolute atomic E-state index is 12.1. The number of para-hydroxylation sites is 2. The van der Waals surface area contributed by atoms with Crippen molar-refractivity contribution in [2.24, 2.45) is 0 Å². The lowest BCUT2D eigenvalue weighted by molar-refractivity contribution is -0.116. The molecule has 0 aliphatic carbocycles. The Labute approximate surface area is 161 Å². The zero-order valence-corrected chi connectivity index (χ0v) is 16.3. The highest BCUT2D eigenvalue weighted by Gasteiger charge is 2.09. The molecule has 0 heterocycles. The van der Waals surface area contributed by atoms with Gasteiger partial charge in [-0.25, -0.2) is 0 Å². The number of rotatable bonds is 6. The van der Waals surface area contributed by atoms with Crippen LogP contribution in [-0.2, 0) is 9.59 Å². The number of aryl methyl sites for hydroxylation is 4. The van der Waals surface area contributed by atoms with Gasteiger partial charge in [0.05, 0.1) is 13.1 Å². The number of nitrogens with one attached hydrogen (secondary N) is 3. The van der Waals surface area contributed by atoms with Crippen molar-refractivity contribution in [1.82, 2.24) is 5.32 Å². The monoisotopic (exact) mass is 374 g/mol. The van der Waals surface area contributed by atoms with Crippen molar-refractivity contribution in [2.45, 2.75) is 27.7 Å². The molecule has 0 aromatic heterocycles. The van der Waals surface area contributed by atoms with E-state index in [0.717, 1.165) is 33.6 Å². The molecule has 0 spiro atoms. The van der Waals surface area contributed by atoms with Crippen molar-refractivity contribution in [3.63, 3.8) is 0 Å². The first-order valence-corrected chi connectivity index (χ1v) is 8.31. The molecule has 0 fully saturated rings. The number of benzene rings is 2. The van der Waals surface area contributed by atoms with Crippen molar-refractivity contribution in [3.05, 3.63) is 58.7 Å². The largest absolute Gasteiger partial charge is 1.00 e. The minimum Gasteiger partial charge on any atom is -1.00 e. The van der Waals surface area contributed by atoms with Gasteiger partial charge in [0.25, 0.3) is 0 Å². The van der Waals surface area contributed by atoms with E-state index in [1.54, 1.807) is 0 Å². The van der Waals surface area contributed by atoms with Gasteiger partial charge in [-0.2, -0.15) is 0 Å². The van der Waals surface area contributed by atoms with Crippen LogP contribution in [0.3, 0.4) is 0 Å². The lowest BCUT2D eigenvalue weighted by Gasteiger charge is -2.13. The number of hydrogen-bond acceptors (Lipinski definition) is 3. The number of hydrogen-bond donors (Lipinski definition) is 3. The Balaban J connectivity index is 0.00000338. The topological polar surface area (TPSA) is 70.2 Å². The van der Waals surface area contributed by atoms with Crippen LogP contribution in [-0.4, -0.2) is 24.9 Å². The molecule has 5 nitrogen and oxygen atoms in total. The van der Waals surface area contributed by atoms with Gasteiger partial charge < -0.3 is 23.0 Å². The van der Waals surface area contributed by atoms with E-state index in [9.17, 15) is 9.59 Å². The lowest BCUT2D eigenvalue weighted by Crippen LogP contribution is -3.00. The van der Waals surface area contributed by atoms with Crippen LogP contribution in [0.25, 0.3) is 0 Å². The van der Waals surface area contributed by atoms with Crippen LogP contribution >= 0.6 is 0 Å². The number of amides is 2. The summed E-state index contributed by atoms with van der Waals surface area (Å²) in [6.45, 7) is 7.96. The molecule has 0 saturated heterocycles. The average Bonchev–Trinajstić information content (AvgIpc) is 2.55. The molecule has 0 unspecified atom stereocenters. The van der Waals surface area contributed by atoms with Crippen LogP contribution in [0.4, 0.5) is 11.4 Å². The molecule has 3 N–H and O–H groups in total. The Bertz CT molecular complexity index is 685. The van der Waals surface area contributed by atoms with Crippen LogP contribution in [0.1, 0.15) is 22.3 Å². The molecule has 2 aromatic carbocycles. The summed E-state index contributed by atoms with van der Waals surface area (Å²) < 4.78 is 0. The van der Waals surface area contributed by atoms with Crippen LogP contribution in [0, 0.1) is 27.7 Å². The second-order valence-electron chi connectivity index (χ2n) is 6.23. The summed E-state index contributed by atoms with van der Waals surface area (Å²) in [7, 11) is 0. The van der Waals surface area contributed by atoms with E-state index in [4.69, 9.17) is 0 Å². The third-order valence-corrected chi connectivity index (χ3v) is 4.06. The van der Waals surface area contributed by atoms with E-state index in [-0.39, 0.29) is 37.3 Å². The fraction of sp³-hybridized carbons (Fsp3) is 0.300. The lowest BCUT2D eigenvalue weighted by atomic mass is 10.1. The van der Waals surface area contributed by atoms with Gasteiger partial charge >= 0.3 is 0 Å². The van der Waals surface area contributed by atoms with Crippen LogP contribution in [0.2, 0.25) is 0 Å². The molecule has 0 saturated carbocycles. The van der Waals surface area contributed by atoms with Gasteiger partial charge in [0, 0.05) is 11.4 Å². The maximum atomic E-state index is 12.1.